The van der Waals surface area contributed by atoms with Gasteiger partial charge >= 0.3 is 0 Å². The number of carbonyl (C=O) groups is 1. The molecular weight excluding hydrogens is 346 g/mol. The van der Waals surface area contributed by atoms with Crippen LogP contribution in [0.15, 0.2) is 46.9 Å². The number of nitrogens with one attached hydrogen (secondary N) is 1. The summed E-state index contributed by atoms with van der Waals surface area (Å²) in [5.41, 5.74) is 1.88. The first-order chi connectivity index (χ1) is 10.6. The average molecular weight is 364 g/mol. The molecular formula is C17H18BrNO3. The van der Waals surface area contributed by atoms with E-state index in [9.17, 15) is 4.79 Å². The number of rotatable bonds is 6. The summed E-state index contributed by atoms with van der Waals surface area (Å²) in [6.07, 6.45) is 0.353. The van der Waals surface area contributed by atoms with Crippen molar-refractivity contribution in [1.82, 2.24) is 5.32 Å². The lowest BCUT2D eigenvalue weighted by atomic mass is 10.1. The summed E-state index contributed by atoms with van der Waals surface area (Å²) in [7, 11) is 3.20. The Bertz CT molecular complexity index is 641. The third kappa shape index (κ3) is 4.49. The fourth-order valence-electron chi connectivity index (χ4n) is 2.04. The van der Waals surface area contributed by atoms with E-state index in [4.69, 9.17) is 9.47 Å². The van der Waals surface area contributed by atoms with Crippen molar-refractivity contribution in [3.05, 3.63) is 58.1 Å². The highest BCUT2D eigenvalue weighted by molar-refractivity contribution is 9.10. The molecule has 0 bridgehead atoms. The van der Waals surface area contributed by atoms with Crippen molar-refractivity contribution < 1.29 is 14.3 Å². The van der Waals surface area contributed by atoms with Crippen LogP contribution in [0, 0.1) is 0 Å². The van der Waals surface area contributed by atoms with E-state index in [1.165, 1.54) is 0 Å². The second-order valence-corrected chi connectivity index (χ2v) is 5.67. The van der Waals surface area contributed by atoms with Crippen LogP contribution < -0.4 is 14.8 Å². The van der Waals surface area contributed by atoms with E-state index >= 15 is 0 Å². The predicted molar refractivity (Wildman–Crippen MR) is 89.2 cm³/mol. The molecule has 0 radical (unpaired) electrons. The van der Waals surface area contributed by atoms with Gasteiger partial charge in [0.1, 0.15) is 11.5 Å². The van der Waals surface area contributed by atoms with Gasteiger partial charge in [-0.1, -0.05) is 28.1 Å². The molecule has 4 nitrogen and oxygen atoms in total. The van der Waals surface area contributed by atoms with E-state index in [2.05, 4.69) is 21.2 Å². The summed E-state index contributed by atoms with van der Waals surface area (Å²) in [6.45, 7) is 0.419. The molecule has 0 aliphatic rings. The van der Waals surface area contributed by atoms with E-state index in [1.54, 1.807) is 20.3 Å². The van der Waals surface area contributed by atoms with Gasteiger partial charge in [-0.2, -0.15) is 0 Å². The van der Waals surface area contributed by atoms with Crippen LogP contribution >= 0.6 is 15.9 Å². The van der Waals surface area contributed by atoms with Gasteiger partial charge in [0.05, 0.1) is 20.6 Å². The van der Waals surface area contributed by atoms with Crippen molar-refractivity contribution in [2.45, 2.75) is 13.0 Å². The first kappa shape index (κ1) is 16.4. The number of carbonyl (C=O) groups excluding carboxylic acids is 1. The van der Waals surface area contributed by atoms with Crippen molar-refractivity contribution in [1.29, 1.82) is 0 Å². The second-order valence-electron chi connectivity index (χ2n) is 4.76. The monoisotopic (exact) mass is 363 g/mol. The number of hydrogen-bond donors (Lipinski definition) is 1. The van der Waals surface area contributed by atoms with Crippen molar-refractivity contribution in [2.24, 2.45) is 0 Å². The number of benzene rings is 2. The van der Waals surface area contributed by atoms with E-state index in [1.807, 2.05) is 36.4 Å². The summed E-state index contributed by atoms with van der Waals surface area (Å²) < 4.78 is 11.5. The lowest BCUT2D eigenvalue weighted by Gasteiger charge is -2.11. The third-order valence-electron chi connectivity index (χ3n) is 3.25. The molecule has 0 spiro atoms. The summed E-state index contributed by atoms with van der Waals surface area (Å²) in [4.78, 5) is 12.0. The quantitative estimate of drug-likeness (QED) is 0.856. The number of methoxy groups -OCH3 is 2. The molecule has 0 saturated carbocycles. The maximum absolute atomic E-state index is 12.0. The zero-order valence-electron chi connectivity index (χ0n) is 12.6. The summed E-state index contributed by atoms with van der Waals surface area (Å²) in [5.74, 6) is 1.39. The first-order valence-corrected chi connectivity index (χ1v) is 7.63. The fraction of sp³-hybridized carbons (Fsp3) is 0.235. The van der Waals surface area contributed by atoms with Crippen LogP contribution in [0.5, 0.6) is 11.5 Å². The van der Waals surface area contributed by atoms with Crippen molar-refractivity contribution in [3.8, 4) is 11.5 Å². The Morgan fingerprint density at radius 2 is 1.82 bits per heavy atom. The van der Waals surface area contributed by atoms with Gasteiger partial charge < -0.3 is 14.8 Å². The third-order valence-corrected chi connectivity index (χ3v) is 3.78. The van der Waals surface area contributed by atoms with Gasteiger partial charge in [-0.3, -0.25) is 4.79 Å². The molecule has 116 valence electrons. The standard InChI is InChI=1S/C17H18BrNO3/c1-21-15-8-5-13(16(10-15)22-2)11-19-17(20)9-12-3-6-14(18)7-4-12/h3-8,10H,9,11H2,1-2H3,(H,19,20). The van der Waals surface area contributed by atoms with Crippen LogP contribution in [0.2, 0.25) is 0 Å². The predicted octanol–water partition coefficient (Wildman–Crippen LogP) is 3.33. The lowest BCUT2D eigenvalue weighted by Crippen LogP contribution is -2.24. The van der Waals surface area contributed by atoms with Crippen LogP contribution in [0.4, 0.5) is 0 Å². The van der Waals surface area contributed by atoms with E-state index in [0.717, 1.165) is 21.3 Å². The first-order valence-electron chi connectivity index (χ1n) is 6.84. The highest BCUT2D eigenvalue weighted by atomic mass is 79.9. The molecule has 0 aliphatic heterocycles. The Morgan fingerprint density at radius 1 is 1.09 bits per heavy atom. The Labute approximate surface area is 138 Å². The maximum Gasteiger partial charge on any atom is 0.224 e. The zero-order valence-corrected chi connectivity index (χ0v) is 14.1. The van der Waals surface area contributed by atoms with Crippen LogP contribution in [-0.4, -0.2) is 20.1 Å². The smallest absolute Gasteiger partial charge is 0.224 e. The lowest BCUT2D eigenvalue weighted by molar-refractivity contribution is -0.120. The van der Waals surface area contributed by atoms with Crippen molar-refractivity contribution in [3.63, 3.8) is 0 Å². The minimum absolute atomic E-state index is 0.0276. The molecule has 0 unspecified atom stereocenters. The molecule has 22 heavy (non-hydrogen) atoms. The highest BCUT2D eigenvalue weighted by Crippen LogP contribution is 2.24. The van der Waals surface area contributed by atoms with E-state index in [0.29, 0.717) is 18.7 Å². The SMILES string of the molecule is COc1ccc(CNC(=O)Cc2ccc(Br)cc2)c(OC)c1. The average Bonchev–Trinajstić information content (AvgIpc) is 2.55. The van der Waals surface area contributed by atoms with Crippen LogP contribution in [0.1, 0.15) is 11.1 Å². The van der Waals surface area contributed by atoms with Gasteiger partial charge in [-0.25, -0.2) is 0 Å². The Kier molecular flexibility index (Phi) is 5.83. The van der Waals surface area contributed by atoms with Gasteiger partial charge in [-0.15, -0.1) is 0 Å². The molecule has 0 fully saturated rings. The number of ether oxygens (including phenoxy) is 2. The normalized spacial score (nSPS) is 10.1. The maximum atomic E-state index is 12.0. The Hall–Kier alpha value is -2.01. The number of halogens is 1. The Morgan fingerprint density at radius 3 is 2.45 bits per heavy atom. The molecule has 2 rings (SSSR count). The summed E-state index contributed by atoms with van der Waals surface area (Å²) >= 11 is 3.38. The summed E-state index contributed by atoms with van der Waals surface area (Å²) in [6, 6.07) is 13.2. The fourth-order valence-corrected chi connectivity index (χ4v) is 2.31. The van der Waals surface area contributed by atoms with Crippen molar-refractivity contribution in [2.75, 3.05) is 14.2 Å². The van der Waals surface area contributed by atoms with Gasteiger partial charge in [0.15, 0.2) is 0 Å². The highest BCUT2D eigenvalue weighted by Gasteiger charge is 2.08. The minimum atomic E-state index is -0.0276. The Balaban J connectivity index is 1.94. The second kappa shape index (κ2) is 7.84. The molecule has 0 atom stereocenters. The molecule has 0 saturated heterocycles. The topological polar surface area (TPSA) is 47.6 Å². The van der Waals surface area contributed by atoms with E-state index < -0.39 is 0 Å². The zero-order chi connectivity index (χ0) is 15.9. The van der Waals surface area contributed by atoms with Gasteiger partial charge in [-0.05, 0) is 29.8 Å². The molecule has 5 heteroatoms. The molecule has 1 amide bonds. The van der Waals surface area contributed by atoms with Crippen molar-refractivity contribution >= 4 is 21.8 Å². The minimum Gasteiger partial charge on any atom is -0.497 e. The van der Waals surface area contributed by atoms with E-state index in [-0.39, 0.29) is 5.91 Å². The molecule has 2 aromatic rings. The number of hydrogen-bond acceptors (Lipinski definition) is 3. The largest absolute Gasteiger partial charge is 0.497 e. The van der Waals surface area contributed by atoms with Crippen LogP contribution in [0.3, 0.4) is 0 Å². The molecule has 1 N–H and O–H groups in total. The summed E-state index contributed by atoms with van der Waals surface area (Å²) in [5, 5.41) is 2.90. The molecule has 2 aromatic carbocycles. The number of amides is 1. The molecule has 0 heterocycles. The van der Waals surface area contributed by atoms with Crippen LogP contribution in [0.25, 0.3) is 0 Å². The van der Waals surface area contributed by atoms with Crippen LogP contribution in [-0.2, 0) is 17.8 Å². The molecule has 0 aliphatic carbocycles. The van der Waals surface area contributed by atoms with Gasteiger partial charge in [0.25, 0.3) is 0 Å². The van der Waals surface area contributed by atoms with Gasteiger partial charge in [0, 0.05) is 22.6 Å². The molecule has 0 aromatic heterocycles. The van der Waals surface area contributed by atoms with Gasteiger partial charge in [0.2, 0.25) is 5.91 Å².